The van der Waals surface area contributed by atoms with Crippen molar-refractivity contribution >= 4 is 11.0 Å². The molecule has 0 spiro atoms. The van der Waals surface area contributed by atoms with Gasteiger partial charge in [-0.15, -0.1) is 0 Å². The normalized spacial score (nSPS) is 11.3. The van der Waals surface area contributed by atoms with Crippen LogP contribution < -0.4 is 0 Å². The maximum absolute atomic E-state index is 9.05. The number of nitriles is 1. The first kappa shape index (κ1) is 20.2. The van der Waals surface area contributed by atoms with Crippen LogP contribution in [0.5, 0.6) is 0 Å². The van der Waals surface area contributed by atoms with E-state index < -0.39 is 0 Å². The van der Waals surface area contributed by atoms with Gasteiger partial charge in [-0.25, -0.2) is 19.9 Å². The molecule has 0 bridgehead atoms. The van der Waals surface area contributed by atoms with Crippen molar-refractivity contribution in [2.45, 2.75) is 0 Å². The Labute approximate surface area is 207 Å². The van der Waals surface area contributed by atoms with E-state index >= 15 is 0 Å². The Morgan fingerprint density at radius 3 is 1.50 bits per heavy atom. The largest absolute Gasteiger partial charge is 0.227 e. The molecule has 0 N–H and O–H groups in total. The summed E-state index contributed by atoms with van der Waals surface area (Å²) in [5.41, 5.74) is 9.14. The zero-order chi connectivity index (χ0) is 24.1. The molecule has 5 nitrogen and oxygen atoms in total. The monoisotopic (exact) mass is 459 g/mol. The Morgan fingerprint density at radius 2 is 0.944 bits per heavy atom. The standard InChI is InChI=1S/C31H17N5/c32-18-19-10-12-20(13-11-19)21-14-16-23(17-15-21)30-34-28-25-9-5-4-8-24(25)27-26(28)31(36-30)35-29(33-27)22-6-2-1-3-7-22/h1-17H. The molecule has 0 radical (unpaired) electrons. The molecule has 1 aliphatic carbocycles. The molecule has 0 saturated carbocycles. The van der Waals surface area contributed by atoms with Crippen molar-refractivity contribution in [3.05, 3.63) is 109 Å². The third-order valence-electron chi connectivity index (χ3n) is 6.52. The summed E-state index contributed by atoms with van der Waals surface area (Å²) >= 11 is 0. The number of nitrogens with zero attached hydrogens (tertiary/aromatic N) is 5. The van der Waals surface area contributed by atoms with Crippen LogP contribution in [0.25, 0.3) is 67.5 Å². The van der Waals surface area contributed by atoms with Gasteiger partial charge in [-0.3, -0.25) is 0 Å². The van der Waals surface area contributed by atoms with Crippen LogP contribution in [0.4, 0.5) is 0 Å². The third kappa shape index (κ3) is 3.17. The summed E-state index contributed by atoms with van der Waals surface area (Å²) in [5, 5.41) is 9.95. The van der Waals surface area contributed by atoms with Gasteiger partial charge in [-0.05, 0) is 23.3 Å². The van der Waals surface area contributed by atoms with Crippen LogP contribution in [0, 0.1) is 11.3 Å². The van der Waals surface area contributed by atoms with Crippen LogP contribution in [0.15, 0.2) is 103 Å². The van der Waals surface area contributed by atoms with Gasteiger partial charge in [-0.2, -0.15) is 5.26 Å². The molecule has 0 amide bonds. The van der Waals surface area contributed by atoms with Gasteiger partial charge in [0.1, 0.15) is 0 Å². The van der Waals surface area contributed by atoms with Crippen molar-refractivity contribution in [2.24, 2.45) is 0 Å². The van der Waals surface area contributed by atoms with E-state index in [1.807, 2.05) is 78.9 Å². The number of benzene rings is 4. The van der Waals surface area contributed by atoms with E-state index in [2.05, 4.69) is 30.3 Å². The van der Waals surface area contributed by atoms with Gasteiger partial charge in [-0.1, -0.05) is 91.0 Å². The van der Waals surface area contributed by atoms with Crippen molar-refractivity contribution in [3.8, 4) is 62.5 Å². The van der Waals surface area contributed by atoms with Gasteiger partial charge < -0.3 is 0 Å². The van der Waals surface area contributed by atoms with Crippen molar-refractivity contribution in [3.63, 3.8) is 0 Å². The lowest BCUT2D eigenvalue weighted by atomic mass is 10.0. The predicted molar refractivity (Wildman–Crippen MR) is 141 cm³/mol. The quantitative estimate of drug-likeness (QED) is 0.286. The molecular weight excluding hydrogens is 442 g/mol. The summed E-state index contributed by atoms with van der Waals surface area (Å²) in [6, 6.07) is 36.1. The average Bonchev–Trinajstić information content (AvgIpc) is 3.28. The average molecular weight is 460 g/mol. The Morgan fingerprint density at radius 1 is 0.472 bits per heavy atom. The van der Waals surface area contributed by atoms with Gasteiger partial charge in [0.15, 0.2) is 17.3 Å². The first-order valence-electron chi connectivity index (χ1n) is 11.6. The van der Waals surface area contributed by atoms with E-state index in [9.17, 15) is 0 Å². The van der Waals surface area contributed by atoms with E-state index in [1.54, 1.807) is 0 Å². The molecule has 0 unspecified atom stereocenters. The molecule has 4 aromatic carbocycles. The maximum atomic E-state index is 9.05. The Bertz CT molecular complexity index is 1820. The van der Waals surface area contributed by atoms with E-state index in [4.69, 9.17) is 25.2 Å². The predicted octanol–water partition coefficient (Wildman–Crippen LogP) is 6.94. The zero-order valence-corrected chi connectivity index (χ0v) is 19.1. The number of hydrogen-bond acceptors (Lipinski definition) is 5. The van der Waals surface area contributed by atoms with Crippen LogP contribution in [0.2, 0.25) is 0 Å². The van der Waals surface area contributed by atoms with Gasteiger partial charge in [0, 0.05) is 22.3 Å². The first-order chi connectivity index (χ1) is 17.8. The maximum Gasteiger partial charge on any atom is 0.168 e. The highest BCUT2D eigenvalue weighted by molar-refractivity contribution is 6.11. The molecule has 7 rings (SSSR count). The number of hydrogen-bond donors (Lipinski definition) is 0. The fourth-order valence-electron chi connectivity index (χ4n) is 4.72. The molecule has 36 heavy (non-hydrogen) atoms. The second-order valence-electron chi connectivity index (χ2n) is 8.67. The van der Waals surface area contributed by atoms with Crippen LogP contribution in [0.1, 0.15) is 5.56 Å². The fraction of sp³-hybridized carbons (Fsp3) is 0. The molecular formula is C31H17N5. The minimum atomic E-state index is 0.629. The molecule has 166 valence electrons. The summed E-state index contributed by atoms with van der Waals surface area (Å²) in [4.78, 5) is 19.7. The van der Waals surface area contributed by atoms with Crippen molar-refractivity contribution in [2.75, 3.05) is 0 Å². The van der Waals surface area contributed by atoms with Gasteiger partial charge in [0.25, 0.3) is 0 Å². The van der Waals surface area contributed by atoms with Crippen LogP contribution in [0.3, 0.4) is 0 Å². The summed E-state index contributed by atoms with van der Waals surface area (Å²) in [6.07, 6.45) is 0. The second kappa shape index (κ2) is 7.93. The van der Waals surface area contributed by atoms with E-state index in [1.165, 1.54) is 0 Å². The van der Waals surface area contributed by atoms with Crippen molar-refractivity contribution < 1.29 is 0 Å². The summed E-state index contributed by atoms with van der Waals surface area (Å²) < 4.78 is 0. The van der Waals surface area contributed by atoms with E-state index in [0.29, 0.717) is 22.9 Å². The Hall–Kier alpha value is -5.21. The molecule has 6 aromatic rings. The van der Waals surface area contributed by atoms with Crippen LogP contribution in [-0.2, 0) is 0 Å². The Kier molecular flexibility index (Phi) is 4.45. The molecule has 0 saturated heterocycles. The fourth-order valence-corrected chi connectivity index (χ4v) is 4.72. The van der Waals surface area contributed by atoms with E-state index in [0.717, 1.165) is 50.2 Å². The lowest BCUT2D eigenvalue weighted by molar-refractivity contribution is 1.16. The number of aromatic nitrogens is 4. The lowest BCUT2D eigenvalue weighted by Crippen LogP contribution is -1.98. The molecule has 5 heteroatoms. The van der Waals surface area contributed by atoms with Gasteiger partial charge >= 0.3 is 0 Å². The first-order valence-corrected chi connectivity index (χ1v) is 11.6. The molecule has 1 aliphatic rings. The molecule has 2 heterocycles. The zero-order valence-electron chi connectivity index (χ0n) is 19.1. The highest BCUT2D eigenvalue weighted by atomic mass is 15.0. The second-order valence-corrected chi connectivity index (χ2v) is 8.67. The molecule has 2 aromatic heterocycles. The van der Waals surface area contributed by atoms with Gasteiger partial charge in [0.2, 0.25) is 0 Å². The molecule has 0 atom stereocenters. The number of rotatable bonds is 3. The van der Waals surface area contributed by atoms with Crippen molar-refractivity contribution in [1.82, 2.24) is 19.9 Å². The highest BCUT2D eigenvalue weighted by Crippen LogP contribution is 2.45. The van der Waals surface area contributed by atoms with Crippen LogP contribution >= 0.6 is 0 Å². The third-order valence-corrected chi connectivity index (χ3v) is 6.52. The number of fused-ring (bicyclic) bond motifs is 3. The summed E-state index contributed by atoms with van der Waals surface area (Å²) in [5.74, 6) is 1.28. The van der Waals surface area contributed by atoms with Crippen molar-refractivity contribution in [1.29, 1.82) is 5.26 Å². The topological polar surface area (TPSA) is 75.3 Å². The minimum Gasteiger partial charge on any atom is -0.227 e. The van der Waals surface area contributed by atoms with Crippen LogP contribution in [-0.4, -0.2) is 19.9 Å². The molecule has 0 fully saturated rings. The smallest absolute Gasteiger partial charge is 0.168 e. The summed E-state index contributed by atoms with van der Waals surface area (Å²) in [7, 11) is 0. The lowest BCUT2D eigenvalue weighted by Gasteiger charge is -2.08. The summed E-state index contributed by atoms with van der Waals surface area (Å²) in [6.45, 7) is 0. The highest BCUT2D eigenvalue weighted by Gasteiger charge is 2.27. The minimum absolute atomic E-state index is 0.629. The van der Waals surface area contributed by atoms with E-state index in [-0.39, 0.29) is 0 Å². The SMILES string of the molecule is N#Cc1ccc(-c2ccc(-c3nc4c5c(nc(-c6ccccc6)nc5n3)-c3ccccc3-4)cc2)cc1. The van der Waals surface area contributed by atoms with Gasteiger partial charge in [0.05, 0.1) is 28.4 Å². The Balaban J connectivity index is 1.38. The molecule has 0 aliphatic heterocycles.